The molecule has 2 aromatic carbocycles. The number of hydrogen-bond acceptors (Lipinski definition) is 9. The minimum absolute atomic E-state index is 0.0383. The number of piperidine rings is 1. The van der Waals surface area contributed by atoms with Gasteiger partial charge in [0.05, 0.1) is 39.6 Å². The van der Waals surface area contributed by atoms with E-state index in [1.807, 2.05) is 27.0 Å². The number of aromatic nitrogens is 3. The van der Waals surface area contributed by atoms with Gasteiger partial charge >= 0.3 is 0 Å². The zero-order valence-electron chi connectivity index (χ0n) is 26.4. The molecule has 0 atom stereocenters. The standard InChI is InChI=1S/C33H44N6O4S/c1-20(2)43-28-18-25(24-11-13-39(14-12-24)15-16-40)22(5)17-27(28)36-33-37-31-30(23(6)19-34-31)32(38-33)35-26-9-7-8-10-29(26)44(41,42)21(3)4/h7-10,17-21,24,40H,11-16H2,1-6H3,(H3,34,35,36,37,38). The molecule has 5 rings (SSSR count). The molecular weight excluding hydrogens is 576 g/mol. The molecule has 4 N–H and O–H groups in total. The van der Waals surface area contributed by atoms with Crippen molar-refractivity contribution in [2.75, 3.05) is 36.9 Å². The van der Waals surface area contributed by atoms with E-state index < -0.39 is 15.1 Å². The van der Waals surface area contributed by atoms with Gasteiger partial charge in [0, 0.05) is 12.7 Å². The van der Waals surface area contributed by atoms with Crippen LogP contribution in [0.25, 0.3) is 11.0 Å². The second-order valence-electron chi connectivity index (χ2n) is 12.1. The summed E-state index contributed by atoms with van der Waals surface area (Å²) in [7, 11) is -3.54. The Morgan fingerprint density at radius 1 is 1.02 bits per heavy atom. The molecule has 0 amide bonds. The first-order chi connectivity index (χ1) is 21.0. The van der Waals surface area contributed by atoms with E-state index in [9.17, 15) is 13.5 Å². The third kappa shape index (κ3) is 6.69. The summed E-state index contributed by atoms with van der Waals surface area (Å²) in [6, 6.07) is 11.1. The molecule has 1 fully saturated rings. The molecule has 1 aliphatic heterocycles. The van der Waals surface area contributed by atoms with Crippen molar-refractivity contribution in [2.24, 2.45) is 0 Å². The maximum absolute atomic E-state index is 13.2. The van der Waals surface area contributed by atoms with E-state index in [0.717, 1.165) is 60.4 Å². The molecule has 44 heavy (non-hydrogen) atoms. The molecule has 1 aliphatic rings. The summed E-state index contributed by atoms with van der Waals surface area (Å²) in [5.74, 6) is 2.00. The van der Waals surface area contributed by atoms with E-state index in [2.05, 4.69) is 39.6 Å². The normalized spacial score (nSPS) is 14.9. The number of sulfone groups is 1. The number of anilines is 4. The fraction of sp³-hybridized carbons (Fsp3) is 0.455. The van der Waals surface area contributed by atoms with Gasteiger partial charge in [0.25, 0.3) is 0 Å². The summed E-state index contributed by atoms with van der Waals surface area (Å²) in [6.45, 7) is 14.3. The number of para-hydroxylation sites is 1. The van der Waals surface area contributed by atoms with Gasteiger partial charge in [-0.25, -0.2) is 8.42 Å². The Kier molecular flexibility index (Phi) is 9.48. The third-order valence-electron chi connectivity index (χ3n) is 8.22. The molecule has 10 nitrogen and oxygen atoms in total. The highest BCUT2D eigenvalue weighted by atomic mass is 32.2. The van der Waals surface area contributed by atoms with Crippen LogP contribution in [0.5, 0.6) is 5.75 Å². The van der Waals surface area contributed by atoms with E-state index in [1.54, 1.807) is 38.1 Å². The molecular formula is C33H44N6O4S. The van der Waals surface area contributed by atoms with Gasteiger partial charge in [-0.2, -0.15) is 9.97 Å². The Morgan fingerprint density at radius 2 is 1.75 bits per heavy atom. The first-order valence-corrected chi connectivity index (χ1v) is 16.9. The zero-order valence-corrected chi connectivity index (χ0v) is 27.3. The van der Waals surface area contributed by atoms with Gasteiger partial charge in [-0.1, -0.05) is 12.1 Å². The number of benzene rings is 2. The predicted octanol–water partition coefficient (Wildman–Crippen LogP) is 6.20. The lowest BCUT2D eigenvalue weighted by Crippen LogP contribution is -2.35. The number of hydrogen-bond donors (Lipinski definition) is 4. The number of aliphatic hydroxyl groups excluding tert-OH is 1. The SMILES string of the molecule is Cc1cc(Nc2nc(Nc3ccccc3S(=O)(=O)C(C)C)c3c(C)c[nH]c3n2)c(OC(C)C)cc1C1CCN(CCO)CC1. The fourth-order valence-electron chi connectivity index (χ4n) is 5.86. The van der Waals surface area contributed by atoms with Gasteiger partial charge < -0.3 is 30.4 Å². The summed E-state index contributed by atoms with van der Waals surface area (Å²) in [6.07, 6.45) is 3.89. The molecule has 2 aromatic heterocycles. The van der Waals surface area contributed by atoms with Crippen molar-refractivity contribution in [2.45, 2.75) is 76.6 Å². The number of H-pyrrole nitrogens is 1. The van der Waals surface area contributed by atoms with Crippen LogP contribution in [0.15, 0.2) is 47.5 Å². The molecule has 1 saturated heterocycles. The molecule has 0 saturated carbocycles. The van der Waals surface area contributed by atoms with Crippen LogP contribution in [0.3, 0.4) is 0 Å². The van der Waals surface area contributed by atoms with Crippen LogP contribution < -0.4 is 15.4 Å². The summed E-state index contributed by atoms with van der Waals surface area (Å²) in [5.41, 5.74) is 5.22. The quantitative estimate of drug-likeness (QED) is 0.155. The molecule has 0 aliphatic carbocycles. The van der Waals surface area contributed by atoms with Gasteiger partial charge in [-0.15, -0.1) is 0 Å². The molecule has 11 heteroatoms. The molecule has 0 unspecified atom stereocenters. The van der Waals surface area contributed by atoms with Crippen LogP contribution in [-0.2, 0) is 9.84 Å². The number of aliphatic hydroxyl groups is 1. The minimum atomic E-state index is -3.54. The minimum Gasteiger partial charge on any atom is -0.489 e. The fourth-order valence-corrected chi connectivity index (χ4v) is 7.06. The van der Waals surface area contributed by atoms with Crippen molar-refractivity contribution >= 4 is 44.0 Å². The Morgan fingerprint density at radius 3 is 2.43 bits per heavy atom. The molecule has 0 radical (unpaired) electrons. The van der Waals surface area contributed by atoms with E-state index in [0.29, 0.717) is 29.0 Å². The number of nitrogens with one attached hydrogen (secondary N) is 3. The Hall–Kier alpha value is -3.67. The summed E-state index contributed by atoms with van der Waals surface area (Å²) in [4.78, 5) is 15.4. The van der Waals surface area contributed by atoms with Crippen molar-refractivity contribution in [1.82, 2.24) is 19.9 Å². The zero-order chi connectivity index (χ0) is 31.6. The topological polar surface area (TPSA) is 132 Å². The number of ether oxygens (including phenoxy) is 1. The Labute approximate surface area is 260 Å². The highest BCUT2D eigenvalue weighted by Gasteiger charge is 2.25. The van der Waals surface area contributed by atoms with Gasteiger partial charge in [-0.05, 0) is 114 Å². The van der Waals surface area contributed by atoms with E-state index in [1.165, 1.54) is 5.56 Å². The van der Waals surface area contributed by atoms with Gasteiger partial charge in [0.1, 0.15) is 17.2 Å². The number of likely N-dealkylation sites (tertiary alicyclic amines) is 1. The van der Waals surface area contributed by atoms with Crippen molar-refractivity contribution < 1.29 is 18.3 Å². The van der Waals surface area contributed by atoms with Crippen LogP contribution in [-0.4, -0.2) is 71.0 Å². The maximum Gasteiger partial charge on any atom is 0.231 e. The van der Waals surface area contributed by atoms with E-state index in [-0.39, 0.29) is 17.6 Å². The van der Waals surface area contributed by atoms with Crippen LogP contribution in [0.2, 0.25) is 0 Å². The number of nitrogens with zero attached hydrogens (tertiary/aromatic N) is 3. The van der Waals surface area contributed by atoms with Crippen LogP contribution in [0, 0.1) is 13.8 Å². The lowest BCUT2D eigenvalue weighted by Gasteiger charge is -2.32. The number of rotatable bonds is 11. The van der Waals surface area contributed by atoms with Crippen LogP contribution in [0.1, 0.15) is 63.1 Å². The number of aryl methyl sites for hydroxylation is 2. The molecule has 0 spiro atoms. The number of aromatic amines is 1. The summed E-state index contributed by atoms with van der Waals surface area (Å²) >= 11 is 0. The second-order valence-corrected chi connectivity index (χ2v) is 14.6. The summed E-state index contributed by atoms with van der Waals surface area (Å²) in [5, 5.41) is 16.3. The Balaban J connectivity index is 1.51. The van der Waals surface area contributed by atoms with Crippen molar-refractivity contribution in [3.05, 3.63) is 59.3 Å². The molecule has 4 aromatic rings. The first kappa shape index (κ1) is 31.7. The monoisotopic (exact) mass is 620 g/mol. The average molecular weight is 621 g/mol. The number of β-amino-alcohol motifs (C(OH)–C–C–N with tert-alkyl or cyclic N) is 1. The summed E-state index contributed by atoms with van der Waals surface area (Å²) < 4.78 is 32.6. The smallest absolute Gasteiger partial charge is 0.231 e. The highest BCUT2D eigenvalue weighted by molar-refractivity contribution is 7.92. The van der Waals surface area contributed by atoms with Crippen LogP contribution in [0.4, 0.5) is 23.1 Å². The Bertz CT molecular complexity index is 1730. The molecule has 236 valence electrons. The van der Waals surface area contributed by atoms with Crippen molar-refractivity contribution in [1.29, 1.82) is 0 Å². The second kappa shape index (κ2) is 13.1. The van der Waals surface area contributed by atoms with Crippen LogP contribution >= 0.6 is 0 Å². The van der Waals surface area contributed by atoms with E-state index >= 15 is 0 Å². The molecule has 3 heterocycles. The van der Waals surface area contributed by atoms with Gasteiger partial charge in [0.15, 0.2) is 9.84 Å². The predicted molar refractivity (Wildman–Crippen MR) is 176 cm³/mol. The third-order valence-corrected chi connectivity index (χ3v) is 10.4. The average Bonchev–Trinajstić information content (AvgIpc) is 3.35. The van der Waals surface area contributed by atoms with Crippen molar-refractivity contribution in [3.63, 3.8) is 0 Å². The van der Waals surface area contributed by atoms with Gasteiger partial charge in [0.2, 0.25) is 5.95 Å². The largest absolute Gasteiger partial charge is 0.489 e. The van der Waals surface area contributed by atoms with E-state index in [4.69, 9.17) is 14.7 Å². The highest BCUT2D eigenvalue weighted by Crippen LogP contribution is 2.39. The first-order valence-electron chi connectivity index (χ1n) is 15.3. The van der Waals surface area contributed by atoms with Gasteiger partial charge in [-0.3, -0.25) is 0 Å². The lowest BCUT2D eigenvalue weighted by atomic mass is 9.86. The van der Waals surface area contributed by atoms with Crippen molar-refractivity contribution in [3.8, 4) is 5.75 Å². The maximum atomic E-state index is 13.2. The lowest BCUT2D eigenvalue weighted by molar-refractivity contribution is 0.164. The number of fused-ring (bicyclic) bond motifs is 1. The molecule has 0 bridgehead atoms.